The molecule has 0 saturated carbocycles. The van der Waals surface area contributed by atoms with Gasteiger partial charge in [0.2, 0.25) is 0 Å². The Morgan fingerprint density at radius 1 is 1.58 bits per heavy atom. The molecule has 1 aromatic carbocycles. The van der Waals surface area contributed by atoms with Gasteiger partial charge in [0.05, 0.1) is 5.02 Å². The van der Waals surface area contributed by atoms with Crippen LogP contribution in [0.5, 0.6) is 5.75 Å². The average Bonchev–Trinajstić information content (AvgIpc) is 2.01. The minimum atomic E-state index is -0.767. The number of hydrogen-bond donors (Lipinski definition) is 2. The predicted octanol–water partition coefficient (Wildman–Crippen LogP) is 1.90. The highest BCUT2D eigenvalue weighted by atomic mass is 35.5. The smallest absolute Gasteiger partial charge is 0.183 e. The van der Waals surface area contributed by atoms with Crippen molar-refractivity contribution in [2.45, 2.75) is 6.54 Å². The topological polar surface area (TPSA) is 32.3 Å². The van der Waals surface area contributed by atoms with E-state index in [9.17, 15) is 4.39 Å². The Hall–Kier alpha value is -0.800. The van der Waals surface area contributed by atoms with E-state index in [2.05, 4.69) is 5.32 Å². The molecule has 12 heavy (non-hydrogen) atoms. The fraction of sp³-hybridized carbons (Fsp3) is 0.250. The van der Waals surface area contributed by atoms with Crippen LogP contribution in [0.2, 0.25) is 5.02 Å². The number of nitrogens with one attached hydrogen (secondary N) is 1. The summed E-state index contributed by atoms with van der Waals surface area (Å²) in [7, 11) is 1.76. The third-order valence-electron chi connectivity index (χ3n) is 1.45. The van der Waals surface area contributed by atoms with Gasteiger partial charge in [-0.25, -0.2) is 4.39 Å². The van der Waals surface area contributed by atoms with E-state index in [0.717, 1.165) is 5.56 Å². The van der Waals surface area contributed by atoms with Crippen LogP contribution < -0.4 is 5.32 Å². The second-order valence-corrected chi connectivity index (χ2v) is 2.85. The lowest BCUT2D eigenvalue weighted by atomic mass is 10.2. The SMILES string of the molecule is CNCc1cc(O)c(F)c(Cl)c1. The first-order chi connectivity index (χ1) is 5.65. The Morgan fingerprint density at radius 2 is 2.25 bits per heavy atom. The second kappa shape index (κ2) is 3.74. The Balaban J connectivity index is 3.04. The van der Waals surface area contributed by atoms with Crippen molar-refractivity contribution >= 4 is 11.6 Å². The van der Waals surface area contributed by atoms with Crippen molar-refractivity contribution in [3.63, 3.8) is 0 Å². The average molecular weight is 190 g/mol. The number of aromatic hydroxyl groups is 1. The monoisotopic (exact) mass is 189 g/mol. The molecule has 4 heteroatoms. The summed E-state index contributed by atoms with van der Waals surface area (Å²) >= 11 is 5.49. The molecule has 0 amide bonds. The third kappa shape index (κ3) is 1.87. The molecule has 0 aliphatic carbocycles. The van der Waals surface area contributed by atoms with E-state index in [1.807, 2.05) is 0 Å². The van der Waals surface area contributed by atoms with Crippen LogP contribution in [-0.4, -0.2) is 12.2 Å². The maximum absolute atomic E-state index is 12.7. The molecule has 1 aromatic rings. The number of hydrogen-bond acceptors (Lipinski definition) is 2. The molecule has 2 N–H and O–H groups in total. The summed E-state index contributed by atoms with van der Waals surface area (Å²) in [5.41, 5.74) is 0.751. The van der Waals surface area contributed by atoms with Gasteiger partial charge in [-0.05, 0) is 24.7 Å². The van der Waals surface area contributed by atoms with E-state index in [0.29, 0.717) is 6.54 Å². The van der Waals surface area contributed by atoms with Gasteiger partial charge in [0, 0.05) is 6.54 Å². The van der Waals surface area contributed by atoms with E-state index in [-0.39, 0.29) is 5.02 Å². The van der Waals surface area contributed by atoms with Crippen LogP contribution in [0.3, 0.4) is 0 Å². The molecule has 0 saturated heterocycles. The van der Waals surface area contributed by atoms with Crippen molar-refractivity contribution in [2.75, 3.05) is 7.05 Å². The summed E-state index contributed by atoms with van der Waals surface area (Å²) in [5.74, 6) is -1.18. The summed E-state index contributed by atoms with van der Waals surface area (Å²) in [6, 6.07) is 2.82. The quantitative estimate of drug-likeness (QED) is 0.745. The van der Waals surface area contributed by atoms with Crippen molar-refractivity contribution in [3.05, 3.63) is 28.5 Å². The largest absolute Gasteiger partial charge is 0.505 e. The first-order valence-corrected chi connectivity index (χ1v) is 3.84. The van der Waals surface area contributed by atoms with Gasteiger partial charge in [0.1, 0.15) is 0 Å². The maximum atomic E-state index is 12.7. The molecular weight excluding hydrogens is 181 g/mol. The van der Waals surface area contributed by atoms with Gasteiger partial charge in [-0.15, -0.1) is 0 Å². The zero-order valence-electron chi connectivity index (χ0n) is 6.56. The fourth-order valence-electron chi connectivity index (χ4n) is 0.935. The van der Waals surface area contributed by atoms with Crippen LogP contribution in [0.25, 0.3) is 0 Å². The zero-order chi connectivity index (χ0) is 9.14. The molecule has 0 unspecified atom stereocenters. The molecule has 0 atom stereocenters. The van der Waals surface area contributed by atoms with Gasteiger partial charge < -0.3 is 10.4 Å². The number of phenolic OH excluding ortho intramolecular Hbond substituents is 1. The van der Waals surface area contributed by atoms with Crippen molar-refractivity contribution in [1.29, 1.82) is 0 Å². The molecule has 2 nitrogen and oxygen atoms in total. The Kier molecular flexibility index (Phi) is 2.89. The first kappa shape index (κ1) is 9.29. The summed E-state index contributed by atoms with van der Waals surface area (Å²) in [6.07, 6.45) is 0. The van der Waals surface area contributed by atoms with Crippen molar-refractivity contribution in [1.82, 2.24) is 5.32 Å². The van der Waals surface area contributed by atoms with E-state index in [1.54, 1.807) is 7.05 Å². The van der Waals surface area contributed by atoms with Gasteiger partial charge in [-0.1, -0.05) is 11.6 Å². The number of halogens is 2. The molecule has 0 aromatic heterocycles. The van der Waals surface area contributed by atoms with Crippen LogP contribution in [0.1, 0.15) is 5.56 Å². The normalized spacial score (nSPS) is 10.2. The minimum absolute atomic E-state index is 0.0553. The highest BCUT2D eigenvalue weighted by Gasteiger charge is 2.06. The standard InChI is InChI=1S/C8H9ClFNO/c1-11-4-5-2-6(9)8(10)7(12)3-5/h2-3,11-12H,4H2,1H3. The molecular formula is C8H9ClFNO. The van der Waals surface area contributed by atoms with Gasteiger partial charge in [0.25, 0.3) is 0 Å². The number of benzene rings is 1. The summed E-state index contributed by atoms with van der Waals surface area (Å²) in [4.78, 5) is 0. The lowest BCUT2D eigenvalue weighted by Gasteiger charge is -2.03. The van der Waals surface area contributed by atoms with Crippen molar-refractivity contribution < 1.29 is 9.50 Å². The molecule has 66 valence electrons. The van der Waals surface area contributed by atoms with Crippen molar-refractivity contribution in [2.24, 2.45) is 0 Å². The van der Waals surface area contributed by atoms with E-state index in [4.69, 9.17) is 16.7 Å². The van der Waals surface area contributed by atoms with Gasteiger partial charge in [-0.3, -0.25) is 0 Å². The Morgan fingerprint density at radius 3 is 2.75 bits per heavy atom. The highest BCUT2D eigenvalue weighted by molar-refractivity contribution is 6.30. The molecule has 0 radical (unpaired) electrons. The fourth-order valence-corrected chi connectivity index (χ4v) is 1.17. The Bertz CT molecular complexity index is 267. The summed E-state index contributed by atoms with van der Waals surface area (Å²) < 4.78 is 12.7. The molecule has 0 heterocycles. The maximum Gasteiger partial charge on any atom is 0.183 e. The minimum Gasteiger partial charge on any atom is -0.505 e. The molecule has 0 aliphatic heterocycles. The summed E-state index contributed by atoms with van der Waals surface area (Å²) in [6.45, 7) is 0.549. The molecule has 0 fully saturated rings. The highest BCUT2D eigenvalue weighted by Crippen LogP contribution is 2.25. The number of phenols is 1. The molecule has 1 rings (SSSR count). The number of rotatable bonds is 2. The summed E-state index contributed by atoms with van der Waals surface area (Å²) in [5, 5.41) is 11.8. The van der Waals surface area contributed by atoms with Gasteiger partial charge in [0.15, 0.2) is 11.6 Å². The Labute approximate surface area is 75.0 Å². The van der Waals surface area contributed by atoms with Crippen molar-refractivity contribution in [3.8, 4) is 5.75 Å². The lowest BCUT2D eigenvalue weighted by molar-refractivity contribution is 0.431. The van der Waals surface area contributed by atoms with E-state index >= 15 is 0 Å². The van der Waals surface area contributed by atoms with Crippen LogP contribution in [0.4, 0.5) is 4.39 Å². The van der Waals surface area contributed by atoms with E-state index in [1.165, 1.54) is 12.1 Å². The van der Waals surface area contributed by atoms with Crippen LogP contribution in [-0.2, 0) is 6.54 Å². The van der Waals surface area contributed by atoms with Gasteiger partial charge >= 0.3 is 0 Å². The molecule has 0 aliphatic rings. The van der Waals surface area contributed by atoms with E-state index < -0.39 is 11.6 Å². The van der Waals surface area contributed by atoms with Crippen LogP contribution in [0, 0.1) is 5.82 Å². The second-order valence-electron chi connectivity index (χ2n) is 2.44. The zero-order valence-corrected chi connectivity index (χ0v) is 7.32. The molecule has 0 bridgehead atoms. The molecule has 0 spiro atoms. The van der Waals surface area contributed by atoms with Gasteiger partial charge in [-0.2, -0.15) is 0 Å². The lowest BCUT2D eigenvalue weighted by Crippen LogP contribution is -2.04. The first-order valence-electron chi connectivity index (χ1n) is 3.46. The van der Waals surface area contributed by atoms with Crippen LogP contribution >= 0.6 is 11.6 Å². The third-order valence-corrected chi connectivity index (χ3v) is 1.72. The predicted molar refractivity (Wildman–Crippen MR) is 45.8 cm³/mol. The van der Waals surface area contributed by atoms with Crippen LogP contribution in [0.15, 0.2) is 12.1 Å².